The Labute approximate surface area is 192 Å². The number of ether oxygens (including phenoxy) is 1. The maximum Gasteiger partial charge on any atom is 0.311 e. The maximum atomic E-state index is 14.6. The van der Waals surface area contributed by atoms with Crippen LogP contribution in [0, 0.1) is 12.7 Å². The lowest BCUT2D eigenvalue weighted by Gasteiger charge is -2.20. The van der Waals surface area contributed by atoms with Gasteiger partial charge < -0.3 is 9.84 Å². The highest BCUT2D eigenvalue weighted by Gasteiger charge is 2.31. The van der Waals surface area contributed by atoms with E-state index in [9.17, 15) is 19.1 Å². The molecule has 170 valence electrons. The summed E-state index contributed by atoms with van der Waals surface area (Å²) in [7, 11) is -0.164. The number of hydrogen-bond donors (Lipinski definition) is 1. The number of carbonyl (C=O) groups is 2. The second-order valence-corrected chi connectivity index (χ2v) is 15.2. The van der Waals surface area contributed by atoms with Gasteiger partial charge in [-0.15, -0.1) is 0 Å². The van der Waals surface area contributed by atoms with Crippen LogP contribution in [0.15, 0.2) is 36.4 Å². The first kappa shape index (κ1) is 24.0. The molecule has 0 amide bonds. The second-order valence-electron chi connectivity index (χ2n) is 9.14. The molecule has 1 aromatic heterocycles. The first-order valence-electron chi connectivity index (χ1n) is 10.4. The SMILES string of the molecule is COc1cc2c(C(CC[Si](C)(C)C)C(=O)O)c(C)n(C(=O)c3ccc(Cl)cc3)c2cc1F. The van der Waals surface area contributed by atoms with Crippen molar-refractivity contribution < 1.29 is 23.8 Å². The minimum Gasteiger partial charge on any atom is -0.494 e. The minimum absolute atomic E-state index is 0.00387. The molecule has 0 spiro atoms. The lowest BCUT2D eigenvalue weighted by molar-refractivity contribution is -0.138. The Morgan fingerprint density at radius 2 is 1.81 bits per heavy atom. The summed E-state index contributed by atoms with van der Waals surface area (Å²) in [6.07, 6.45) is 0.444. The van der Waals surface area contributed by atoms with Crippen LogP contribution in [0.5, 0.6) is 5.75 Å². The summed E-state index contributed by atoms with van der Waals surface area (Å²) < 4.78 is 21.2. The monoisotopic (exact) mass is 475 g/mol. The van der Waals surface area contributed by atoms with Crippen LogP contribution in [0.2, 0.25) is 30.7 Å². The topological polar surface area (TPSA) is 68.5 Å². The van der Waals surface area contributed by atoms with Gasteiger partial charge in [0.15, 0.2) is 11.6 Å². The van der Waals surface area contributed by atoms with E-state index in [1.54, 1.807) is 31.2 Å². The Balaban J connectivity index is 2.28. The Bertz CT molecular complexity index is 1180. The summed E-state index contributed by atoms with van der Waals surface area (Å²) in [5.74, 6) is -2.78. The number of rotatable bonds is 7. The first-order valence-corrected chi connectivity index (χ1v) is 14.4. The van der Waals surface area contributed by atoms with Crippen LogP contribution in [0.1, 0.15) is 34.0 Å². The summed E-state index contributed by atoms with van der Waals surface area (Å²) in [5.41, 5.74) is 1.68. The van der Waals surface area contributed by atoms with E-state index in [2.05, 4.69) is 19.6 Å². The molecule has 3 rings (SSSR count). The first-order chi connectivity index (χ1) is 14.9. The highest BCUT2D eigenvalue weighted by atomic mass is 35.5. The van der Waals surface area contributed by atoms with E-state index >= 15 is 0 Å². The van der Waals surface area contributed by atoms with Crippen molar-refractivity contribution in [3.8, 4) is 5.75 Å². The number of nitrogens with zero attached hydrogens (tertiary/aromatic N) is 1. The normalized spacial score (nSPS) is 12.7. The van der Waals surface area contributed by atoms with Gasteiger partial charge in [0.1, 0.15) is 0 Å². The van der Waals surface area contributed by atoms with Gasteiger partial charge >= 0.3 is 5.97 Å². The molecule has 0 saturated heterocycles. The molecule has 0 aliphatic heterocycles. The predicted molar refractivity (Wildman–Crippen MR) is 128 cm³/mol. The molecule has 0 aliphatic carbocycles. The number of benzene rings is 2. The lowest BCUT2D eigenvalue weighted by atomic mass is 9.93. The van der Waals surface area contributed by atoms with Gasteiger partial charge in [-0.2, -0.15) is 0 Å². The van der Waals surface area contributed by atoms with E-state index < -0.39 is 25.8 Å². The van der Waals surface area contributed by atoms with Gasteiger partial charge in [-0.1, -0.05) is 37.3 Å². The van der Waals surface area contributed by atoms with E-state index in [1.807, 2.05) is 0 Å². The molecule has 1 atom stereocenters. The number of fused-ring (bicyclic) bond motifs is 1. The third kappa shape index (κ3) is 4.73. The van der Waals surface area contributed by atoms with E-state index in [1.165, 1.54) is 23.8 Å². The highest BCUT2D eigenvalue weighted by molar-refractivity contribution is 6.76. The van der Waals surface area contributed by atoms with Crippen LogP contribution in [0.25, 0.3) is 10.9 Å². The fourth-order valence-corrected chi connectivity index (χ4v) is 5.27. The summed E-state index contributed by atoms with van der Waals surface area (Å²) in [4.78, 5) is 25.7. The van der Waals surface area contributed by atoms with Crippen molar-refractivity contribution in [3.63, 3.8) is 0 Å². The van der Waals surface area contributed by atoms with Gasteiger partial charge in [0.05, 0.1) is 18.5 Å². The molecule has 0 aliphatic rings. The van der Waals surface area contributed by atoms with Crippen molar-refractivity contribution in [3.05, 3.63) is 64.1 Å². The molecule has 0 bridgehead atoms. The number of methoxy groups -OCH3 is 1. The molecule has 32 heavy (non-hydrogen) atoms. The van der Waals surface area contributed by atoms with Crippen LogP contribution in [-0.4, -0.2) is 36.7 Å². The molecule has 3 aromatic rings. The Hall–Kier alpha value is -2.64. The largest absolute Gasteiger partial charge is 0.494 e. The van der Waals surface area contributed by atoms with Crippen molar-refractivity contribution >= 4 is 42.5 Å². The van der Waals surface area contributed by atoms with Gasteiger partial charge in [-0.3, -0.25) is 14.2 Å². The average molecular weight is 476 g/mol. The van der Waals surface area contributed by atoms with Crippen molar-refractivity contribution in [1.82, 2.24) is 4.57 Å². The Kier molecular flexibility index (Phi) is 6.81. The molecule has 8 heteroatoms. The van der Waals surface area contributed by atoms with Crippen molar-refractivity contribution in [2.24, 2.45) is 0 Å². The van der Waals surface area contributed by atoms with E-state index in [-0.39, 0.29) is 11.7 Å². The van der Waals surface area contributed by atoms with E-state index in [4.69, 9.17) is 16.3 Å². The van der Waals surface area contributed by atoms with Gasteiger partial charge in [0.2, 0.25) is 0 Å². The van der Waals surface area contributed by atoms with Gasteiger partial charge in [0.25, 0.3) is 5.91 Å². The third-order valence-electron chi connectivity index (χ3n) is 5.65. The quantitative estimate of drug-likeness (QED) is 0.405. The standard InChI is InChI=1S/C24H27ClFNO4Si/c1-14-22(17(24(29)30)10-11-32(3,4)5)18-12-21(31-2)19(26)13-20(18)27(14)23(28)15-6-8-16(25)9-7-15/h6-9,12-13,17H,10-11H2,1-5H3,(H,29,30). The molecule has 2 aromatic carbocycles. The van der Waals surface area contributed by atoms with Gasteiger partial charge in [0, 0.05) is 35.8 Å². The molecule has 5 nitrogen and oxygen atoms in total. The van der Waals surface area contributed by atoms with E-state index in [0.29, 0.717) is 39.2 Å². The van der Waals surface area contributed by atoms with Crippen molar-refractivity contribution in [2.45, 2.75) is 44.9 Å². The Morgan fingerprint density at radius 3 is 2.34 bits per heavy atom. The summed E-state index contributed by atoms with van der Waals surface area (Å²) >= 11 is 5.95. The number of carboxylic acid groups (broad SMARTS) is 1. The summed E-state index contributed by atoms with van der Waals surface area (Å²) in [6.45, 7) is 8.26. The maximum absolute atomic E-state index is 14.6. The minimum atomic E-state index is -1.52. The van der Waals surface area contributed by atoms with Crippen molar-refractivity contribution in [1.29, 1.82) is 0 Å². The number of carbonyl (C=O) groups excluding carboxylic acids is 1. The van der Waals surface area contributed by atoms with Gasteiger partial charge in [-0.25, -0.2) is 4.39 Å². The average Bonchev–Trinajstić information content (AvgIpc) is 2.97. The molecule has 1 heterocycles. The third-order valence-corrected chi connectivity index (χ3v) is 7.69. The van der Waals surface area contributed by atoms with Crippen LogP contribution in [-0.2, 0) is 4.79 Å². The number of aromatic nitrogens is 1. The second kappa shape index (κ2) is 9.08. The molecule has 0 saturated carbocycles. The van der Waals surface area contributed by atoms with Crippen LogP contribution in [0.3, 0.4) is 0 Å². The van der Waals surface area contributed by atoms with Crippen LogP contribution in [0.4, 0.5) is 4.39 Å². The van der Waals surface area contributed by atoms with Gasteiger partial charge in [-0.05, 0) is 49.2 Å². The van der Waals surface area contributed by atoms with Crippen molar-refractivity contribution in [2.75, 3.05) is 7.11 Å². The number of halogens is 2. The Morgan fingerprint density at radius 1 is 1.19 bits per heavy atom. The highest BCUT2D eigenvalue weighted by Crippen LogP contribution is 2.38. The molecule has 0 radical (unpaired) electrons. The van der Waals surface area contributed by atoms with E-state index in [0.717, 1.165) is 6.04 Å². The lowest BCUT2D eigenvalue weighted by Crippen LogP contribution is -2.23. The number of hydrogen-bond acceptors (Lipinski definition) is 3. The zero-order chi connectivity index (χ0) is 23.8. The fourth-order valence-electron chi connectivity index (χ4n) is 3.99. The molecular weight excluding hydrogens is 449 g/mol. The molecule has 1 unspecified atom stereocenters. The molecule has 0 fully saturated rings. The molecule has 1 N–H and O–H groups in total. The van der Waals surface area contributed by atoms with Crippen LogP contribution < -0.4 is 4.74 Å². The predicted octanol–water partition coefficient (Wildman–Crippen LogP) is 6.34. The number of aliphatic carboxylic acids is 1. The zero-order valence-electron chi connectivity index (χ0n) is 18.8. The van der Waals surface area contributed by atoms with Crippen LogP contribution >= 0.6 is 11.6 Å². The zero-order valence-corrected chi connectivity index (χ0v) is 20.6. The summed E-state index contributed by atoms with van der Waals surface area (Å²) in [5, 5.41) is 11.1. The fraction of sp³-hybridized carbons (Fsp3) is 0.333. The smallest absolute Gasteiger partial charge is 0.311 e. The number of carboxylic acids is 1. The molecular formula is C24H27ClFNO4Si. The summed E-state index contributed by atoms with van der Waals surface area (Å²) in [6, 6.07) is 9.92.